The topological polar surface area (TPSA) is 19.6 Å². The third-order valence-corrected chi connectivity index (χ3v) is 5.41. The van der Waals surface area contributed by atoms with Gasteiger partial charge in [-0.15, -0.1) is 0 Å². The lowest BCUT2D eigenvalue weighted by atomic mass is 10.1. The Bertz CT molecular complexity index is 1110. The van der Waals surface area contributed by atoms with Crippen LogP contribution in [-0.4, -0.2) is 13.2 Å². The van der Waals surface area contributed by atoms with E-state index in [1.165, 1.54) is 33.4 Å². The first-order valence-corrected chi connectivity index (χ1v) is 8.68. The van der Waals surface area contributed by atoms with Crippen molar-refractivity contribution >= 4 is 39.0 Å². The number of hydrogen-bond acceptors (Lipinski definition) is 3. The maximum atomic E-state index is 6.04. The minimum atomic E-state index is 0.270. The van der Waals surface area contributed by atoms with Crippen molar-refractivity contribution in [3.05, 3.63) is 66.2 Å². The SMILES string of the molecule is Cc1cc2oc3ccccc3c2cc1N1c2ccccc2N(C)C1C. The van der Waals surface area contributed by atoms with Crippen LogP contribution in [0.4, 0.5) is 17.1 Å². The van der Waals surface area contributed by atoms with Crippen LogP contribution in [0.3, 0.4) is 0 Å². The largest absolute Gasteiger partial charge is 0.456 e. The molecule has 3 nitrogen and oxygen atoms in total. The van der Waals surface area contributed by atoms with Crippen molar-refractivity contribution in [1.82, 2.24) is 0 Å². The van der Waals surface area contributed by atoms with Crippen molar-refractivity contribution in [2.75, 3.05) is 16.8 Å². The summed E-state index contributed by atoms with van der Waals surface area (Å²) in [6.07, 6.45) is 0.270. The molecular weight excluding hydrogens is 308 g/mol. The second kappa shape index (κ2) is 5.03. The molecule has 0 N–H and O–H groups in total. The summed E-state index contributed by atoms with van der Waals surface area (Å²) < 4.78 is 6.04. The van der Waals surface area contributed by atoms with Crippen LogP contribution in [0.15, 0.2) is 65.1 Å². The summed E-state index contributed by atoms with van der Waals surface area (Å²) in [7, 11) is 2.16. The van der Waals surface area contributed by atoms with E-state index in [1.807, 2.05) is 12.1 Å². The van der Waals surface area contributed by atoms with Gasteiger partial charge in [-0.3, -0.25) is 0 Å². The first-order chi connectivity index (χ1) is 12.1. The number of para-hydroxylation sites is 3. The molecule has 0 saturated heterocycles. The molecule has 25 heavy (non-hydrogen) atoms. The van der Waals surface area contributed by atoms with Crippen molar-refractivity contribution in [1.29, 1.82) is 0 Å². The van der Waals surface area contributed by atoms with Crippen molar-refractivity contribution in [3.8, 4) is 0 Å². The van der Waals surface area contributed by atoms with Gasteiger partial charge >= 0.3 is 0 Å². The van der Waals surface area contributed by atoms with Crippen LogP contribution in [0.25, 0.3) is 21.9 Å². The van der Waals surface area contributed by atoms with Gasteiger partial charge in [-0.25, -0.2) is 0 Å². The van der Waals surface area contributed by atoms with Gasteiger partial charge in [0.1, 0.15) is 17.3 Å². The molecule has 1 aliphatic rings. The lowest BCUT2D eigenvalue weighted by Gasteiger charge is -2.29. The van der Waals surface area contributed by atoms with Crippen LogP contribution in [0.2, 0.25) is 0 Å². The highest BCUT2D eigenvalue weighted by molar-refractivity contribution is 6.07. The molecule has 0 fully saturated rings. The first-order valence-electron chi connectivity index (χ1n) is 8.68. The number of benzene rings is 3. The summed E-state index contributed by atoms with van der Waals surface area (Å²) >= 11 is 0. The molecule has 1 atom stereocenters. The van der Waals surface area contributed by atoms with E-state index < -0.39 is 0 Å². The Morgan fingerprint density at radius 1 is 0.800 bits per heavy atom. The Kier molecular flexibility index (Phi) is 2.90. The van der Waals surface area contributed by atoms with E-state index in [0.717, 1.165) is 11.2 Å². The van der Waals surface area contributed by atoms with E-state index in [-0.39, 0.29) is 6.17 Å². The molecule has 0 radical (unpaired) electrons. The van der Waals surface area contributed by atoms with Gasteiger partial charge in [0.25, 0.3) is 0 Å². The van der Waals surface area contributed by atoms with Crippen LogP contribution < -0.4 is 9.80 Å². The normalized spacial score (nSPS) is 16.8. The summed E-state index contributed by atoms with van der Waals surface area (Å²) in [5.41, 5.74) is 6.89. The molecule has 3 heteroatoms. The third kappa shape index (κ3) is 1.92. The second-order valence-electron chi connectivity index (χ2n) is 6.83. The average molecular weight is 328 g/mol. The van der Waals surface area contributed by atoms with Gasteiger partial charge in [0.05, 0.1) is 11.4 Å². The minimum absolute atomic E-state index is 0.270. The van der Waals surface area contributed by atoms with E-state index in [1.54, 1.807) is 0 Å². The fraction of sp³-hybridized carbons (Fsp3) is 0.182. The van der Waals surface area contributed by atoms with E-state index in [9.17, 15) is 0 Å². The molecule has 0 aliphatic carbocycles. The van der Waals surface area contributed by atoms with Crippen molar-refractivity contribution in [2.45, 2.75) is 20.0 Å². The Hall–Kier alpha value is -2.94. The molecule has 1 aromatic heterocycles. The van der Waals surface area contributed by atoms with E-state index in [4.69, 9.17) is 4.42 Å². The Labute approximate surface area is 147 Å². The molecule has 0 saturated carbocycles. The van der Waals surface area contributed by atoms with Gasteiger partial charge in [-0.05, 0) is 49.7 Å². The maximum Gasteiger partial charge on any atom is 0.135 e. The zero-order valence-corrected chi connectivity index (χ0v) is 14.7. The molecule has 1 unspecified atom stereocenters. The molecule has 0 amide bonds. The molecule has 0 bridgehead atoms. The first kappa shape index (κ1) is 14.4. The molecular formula is C22H20N2O. The zero-order valence-electron chi connectivity index (χ0n) is 14.7. The highest BCUT2D eigenvalue weighted by Crippen LogP contribution is 2.45. The second-order valence-corrected chi connectivity index (χ2v) is 6.83. The number of aryl methyl sites for hydroxylation is 1. The Morgan fingerprint density at radius 2 is 1.52 bits per heavy atom. The average Bonchev–Trinajstić information content (AvgIpc) is 3.10. The Balaban J connectivity index is 1.78. The smallest absolute Gasteiger partial charge is 0.135 e. The van der Waals surface area contributed by atoms with Gasteiger partial charge in [0.2, 0.25) is 0 Å². The predicted octanol–water partition coefficient (Wildman–Crippen LogP) is 5.83. The molecule has 2 heterocycles. The van der Waals surface area contributed by atoms with Crippen LogP contribution >= 0.6 is 0 Å². The highest BCUT2D eigenvalue weighted by Gasteiger charge is 2.32. The van der Waals surface area contributed by atoms with Crippen LogP contribution in [0, 0.1) is 6.92 Å². The van der Waals surface area contributed by atoms with Crippen molar-refractivity contribution in [3.63, 3.8) is 0 Å². The number of fused-ring (bicyclic) bond motifs is 4. The summed E-state index contributed by atoms with van der Waals surface area (Å²) in [4.78, 5) is 4.75. The fourth-order valence-corrected chi connectivity index (χ4v) is 3.99. The van der Waals surface area contributed by atoms with Gasteiger partial charge in [-0.1, -0.05) is 30.3 Å². The molecule has 3 aromatic carbocycles. The molecule has 1 aliphatic heterocycles. The molecule has 5 rings (SSSR count). The van der Waals surface area contributed by atoms with Crippen molar-refractivity contribution in [2.24, 2.45) is 0 Å². The van der Waals surface area contributed by atoms with E-state index in [2.05, 4.69) is 79.2 Å². The monoisotopic (exact) mass is 328 g/mol. The molecule has 4 aromatic rings. The number of furan rings is 1. The molecule has 124 valence electrons. The summed E-state index contributed by atoms with van der Waals surface area (Å²) in [5.74, 6) is 0. The van der Waals surface area contributed by atoms with E-state index in [0.29, 0.717) is 0 Å². The summed E-state index contributed by atoms with van der Waals surface area (Å²) in [6.45, 7) is 4.41. The van der Waals surface area contributed by atoms with Crippen LogP contribution in [0.1, 0.15) is 12.5 Å². The van der Waals surface area contributed by atoms with Gasteiger partial charge in [-0.2, -0.15) is 0 Å². The fourth-order valence-electron chi connectivity index (χ4n) is 3.99. The number of nitrogens with zero attached hydrogens (tertiary/aromatic N) is 2. The lowest BCUT2D eigenvalue weighted by Crippen LogP contribution is -2.35. The minimum Gasteiger partial charge on any atom is -0.456 e. The Morgan fingerprint density at radius 3 is 2.36 bits per heavy atom. The number of rotatable bonds is 1. The molecule has 0 spiro atoms. The number of anilines is 3. The van der Waals surface area contributed by atoms with E-state index >= 15 is 0 Å². The zero-order chi connectivity index (χ0) is 17.1. The van der Waals surface area contributed by atoms with Crippen LogP contribution in [0.5, 0.6) is 0 Å². The summed E-state index contributed by atoms with van der Waals surface area (Å²) in [6, 6.07) is 21.3. The predicted molar refractivity (Wildman–Crippen MR) is 105 cm³/mol. The van der Waals surface area contributed by atoms with Crippen LogP contribution in [-0.2, 0) is 0 Å². The highest BCUT2D eigenvalue weighted by atomic mass is 16.3. The van der Waals surface area contributed by atoms with Crippen molar-refractivity contribution < 1.29 is 4.42 Å². The third-order valence-electron chi connectivity index (χ3n) is 5.41. The van der Waals surface area contributed by atoms with Gasteiger partial charge in [0, 0.05) is 23.5 Å². The lowest BCUT2D eigenvalue weighted by molar-refractivity contribution is 0.668. The standard InChI is InChI=1S/C22H20N2O/c1-14-12-22-17(16-8-4-7-11-21(16)25-22)13-20(14)24-15(2)23(3)18-9-5-6-10-19(18)24/h4-13,15H,1-3H3. The number of hydrogen-bond donors (Lipinski definition) is 0. The van der Waals surface area contributed by atoms with Gasteiger partial charge in [0.15, 0.2) is 0 Å². The maximum absolute atomic E-state index is 6.04. The summed E-state index contributed by atoms with van der Waals surface area (Å²) in [5, 5.41) is 2.35. The quantitative estimate of drug-likeness (QED) is 0.438. The van der Waals surface area contributed by atoms with Gasteiger partial charge < -0.3 is 14.2 Å².